The van der Waals surface area contributed by atoms with Gasteiger partial charge in [-0.2, -0.15) is 57.9 Å². The molecule has 4 aliphatic carbocycles. The zero-order valence-corrected chi connectivity index (χ0v) is 73.7. The molecule has 7 heterocycles. The van der Waals surface area contributed by atoms with Crippen LogP contribution in [0.25, 0.3) is 75.7 Å². The largest absolute Gasteiger partial charge is 0.418 e. The number of nitrogens with one attached hydrogen (secondary N) is 1. The minimum absolute atomic E-state index is 0. The molecule has 41 heteroatoms. The van der Waals surface area contributed by atoms with Crippen LogP contribution in [0.5, 0.6) is 11.5 Å². The predicted octanol–water partition coefficient (Wildman–Crippen LogP) is 21.4. The Morgan fingerprint density at radius 2 is 0.807 bits per heavy atom. The van der Waals surface area contributed by atoms with E-state index in [0.717, 1.165) is 85.4 Å². The molecule has 578 valence electrons. The monoisotopic (exact) mass is 2370 g/mol. The summed E-state index contributed by atoms with van der Waals surface area (Å²) in [6, 6.07) is 25.0. The van der Waals surface area contributed by atoms with Crippen LogP contribution >= 0.6 is 164 Å². The number of pyridine rings is 4. The van der Waals surface area contributed by atoms with Crippen molar-refractivity contribution in [1.82, 2.24) is 50.5 Å². The predicted molar refractivity (Wildman–Crippen MR) is 450 cm³/mol. The number of fused-ring (bicyclic) bond motifs is 4. The van der Waals surface area contributed by atoms with E-state index in [4.69, 9.17) is 37.7 Å². The Kier molecular flexibility index (Phi) is 29.6. The van der Waals surface area contributed by atoms with E-state index in [2.05, 4.69) is 162 Å². The Hall–Kier alpha value is -4.99. The van der Waals surface area contributed by atoms with Crippen LogP contribution < -0.4 is 51.0 Å². The third kappa shape index (κ3) is 21.5. The van der Waals surface area contributed by atoms with E-state index in [-0.39, 0.29) is 115 Å². The molecule has 12 aromatic rings. The van der Waals surface area contributed by atoms with Gasteiger partial charge in [0.1, 0.15) is 40.3 Å². The van der Waals surface area contributed by atoms with E-state index in [9.17, 15) is 52.7 Å². The van der Waals surface area contributed by atoms with Crippen molar-refractivity contribution in [3.05, 3.63) is 150 Å². The normalized spacial score (nSPS) is 14.0. The first-order valence-electron chi connectivity index (χ1n) is 31.2. The van der Waals surface area contributed by atoms with Crippen LogP contribution in [-0.4, -0.2) is 64.7 Å². The van der Waals surface area contributed by atoms with Crippen molar-refractivity contribution in [2.45, 2.75) is 107 Å². The molecule has 5 aromatic carbocycles. The van der Waals surface area contributed by atoms with Crippen LogP contribution in [-0.2, 0) is 24.7 Å². The smallest absolute Gasteiger partial charge is 0.398 e. The van der Waals surface area contributed by atoms with Gasteiger partial charge in [0.2, 0.25) is 15.4 Å². The molecule has 0 radical (unpaired) electrons. The molecule has 109 heavy (non-hydrogen) atoms. The van der Waals surface area contributed by atoms with E-state index in [0.29, 0.717) is 110 Å². The van der Waals surface area contributed by atoms with Gasteiger partial charge in [-0.25, -0.2) is 19.9 Å². The fourth-order valence-corrected chi connectivity index (χ4v) is 14.1. The fourth-order valence-electron chi connectivity index (χ4n) is 11.4. The summed E-state index contributed by atoms with van der Waals surface area (Å²) in [6.07, 6.45) is -10.8. The van der Waals surface area contributed by atoms with Gasteiger partial charge in [0.25, 0.3) is 0 Å². The second kappa shape index (κ2) is 36.7. The van der Waals surface area contributed by atoms with Crippen molar-refractivity contribution in [2.75, 3.05) is 42.5 Å². The number of hydrogen-bond acceptors (Lipinski definition) is 21. The zero-order chi connectivity index (χ0) is 77.4. The van der Waals surface area contributed by atoms with Crippen molar-refractivity contribution in [3.8, 4) is 49.7 Å². The number of anilines is 6. The maximum Gasteiger partial charge on any atom is 0.418 e. The molecule has 0 spiro atoms. The molecule has 4 aliphatic rings. The summed E-state index contributed by atoms with van der Waals surface area (Å²) in [5.74, 6) is 1.78. The van der Waals surface area contributed by atoms with Gasteiger partial charge >= 0.3 is 75.2 Å². The molecule has 4 saturated carbocycles. The standard InChI is InChI=1S/C23H20F3N5O2S.C15H10BrF3N4S.C15H12F3N5S.C14H8BrF3N2.CH4.I3.I2.HI/c1-32-13-5-6-16(19(9-13)33-2)28-17-10-18(21-30-31-22(27)34-21)29-20-14(17)7-12(11-3-4-11)8-15(20)23(24,25)26;16-10-5-11(13-22-23-14(20)24-13)21-12-8(10)3-7(6-1-2-6)4-9(12)15(17,18)19;16-15(17,18)9-4-7(6-1-2-6)3-8-10(19)5-11(21-12(8)9)13-22-23-14(20)24-13;15-12-5-9(6-19)20-13-10(12)3-8(7-1-2-7)4-11(13)14(16,17)18;;1-3-2;1-2;/h5-11H,3-4H2,1-2H3,(H2,27,31)(H,28,29);3-6H,1-2H2,(H2,20,23);3-6H,1-2H2,(H2,19,21)(H2,20,23);3-5,7H,1-2H2;1H4;;;1H/q;;;;;-1;;. The summed E-state index contributed by atoms with van der Waals surface area (Å²) in [4.78, 5) is 16.6. The molecule has 0 unspecified atom stereocenters. The van der Waals surface area contributed by atoms with E-state index in [1.54, 1.807) is 60.7 Å². The maximum atomic E-state index is 14.1. The van der Waals surface area contributed by atoms with Crippen LogP contribution in [0.3, 0.4) is 0 Å². The van der Waals surface area contributed by atoms with Gasteiger partial charge in [-0.1, -0.05) is 57.4 Å². The van der Waals surface area contributed by atoms with Crippen molar-refractivity contribution >= 4 is 240 Å². The number of aromatic nitrogens is 10. The number of nitrogen functional groups attached to an aromatic ring is 4. The van der Waals surface area contributed by atoms with E-state index >= 15 is 0 Å². The van der Waals surface area contributed by atoms with Crippen molar-refractivity contribution in [2.24, 2.45) is 0 Å². The Balaban J connectivity index is 0.000000166. The Bertz CT molecular complexity index is 5220. The van der Waals surface area contributed by atoms with Crippen molar-refractivity contribution in [1.29, 1.82) is 5.26 Å². The molecule has 16 rings (SSSR count). The van der Waals surface area contributed by atoms with Crippen molar-refractivity contribution in [3.63, 3.8) is 0 Å². The third-order valence-electron chi connectivity index (χ3n) is 16.9. The average molecular weight is 2370 g/mol. The van der Waals surface area contributed by atoms with Gasteiger partial charge in [-0.3, -0.25) is 0 Å². The quantitative estimate of drug-likeness (QED) is 0.0594. The minimum atomic E-state index is -4.58. The maximum absolute atomic E-state index is 14.1. The number of hydrogen-bond donors (Lipinski definition) is 5. The molecule has 0 saturated heterocycles. The fraction of sp³-hybridized carbons (Fsp3) is 0.279. The van der Waals surface area contributed by atoms with Crippen LogP contribution in [0.1, 0.15) is 133 Å². The Labute approximate surface area is 712 Å². The average Bonchev–Trinajstić information content (AvgIpc) is 1.30. The van der Waals surface area contributed by atoms with E-state index in [1.165, 1.54) is 50.6 Å². The summed E-state index contributed by atoms with van der Waals surface area (Å²) in [5, 5.41) is 38.1. The van der Waals surface area contributed by atoms with Gasteiger partial charge in [-0.15, -0.1) is 54.6 Å². The van der Waals surface area contributed by atoms with Crippen LogP contribution in [0.4, 0.5) is 85.1 Å². The van der Waals surface area contributed by atoms with E-state index < -0.39 is 47.0 Å². The SMILES string of the molecule is C.COc1ccc(Nc2cc(-c3nnc(N)s3)nc3c(C(F)(F)F)cc(C4CC4)cc23)c(OC)c1.I.II.I[I-]I.N#Cc1cc(Br)c2cc(C3CC3)cc(C(F)(F)F)c2n1.Nc1nnc(-c2cc(Br)c3cc(C4CC4)cc(C(F)(F)F)c3n2)s1.Nc1nnc(-c2cc(N)c3cc(C4CC4)cc(C(F)(F)F)c3n2)s1. The molecule has 0 aliphatic heterocycles. The molecule has 18 nitrogen and oxygen atoms in total. The number of nitrogens with two attached hydrogens (primary N) is 4. The summed E-state index contributed by atoms with van der Waals surface area (Å²) in [7, 11) is 3.05. The molecular weight excluding hydrogens is 2320 g/mol. The Morgan fingerprint density at radius 3 is 1.16 bits per heavy atom. The van der Waals surface area contributed by atoms with Crippen molar-refractivity contribution < 1.29 is 75.4 Å². The van der Waals surface area contributed by atoms with Gasteiger partial charge in [0.05, 0.1) is 69.9 Å². The first kappa shape index (κ1) is 88.0. The number of ether oxygens (including phenoxy) is 2. The number of nitriles is 1. The number of halogens is 20. The van der Waals surface area contributed by atoms with Gasteiger partial charge in [0.15, 0.2) is 15.0 Å². The summed E-state index contributed by atoms with van der Waals surface area (Å²) >= 11 is 19.3. The topological polar surface area (TPSA) is 287 Å². The van der Waals surface area contributed by atoms with E-state index in [1.807, 2.05) is 0 Å². The van der Waals surface area contributed by atoms with Crippen LogP contribution in [0, 0.1) is 11.3 Å². The third-order valence-corrected chi connectivity index (χ3v) is 20.5. The summed E-state index contributed by atoms with van der Waals surface area (Å²) < 4.78 is 175. The number of nitrogens with zero attached hydrogens (tertiary/aromatic N) is 11. The number of rotatable bonds is 11. The molecular formula is C68H55Br2F12I6N16O2S3-. The molecule has 4 fully saturated rings. The van der Waals surface area contributed by atoms with Gasteiger partial charge in [-0.05, 0) is 198 Å². The molecule has 7 aromatic heterocycles. The molecule has 0 bridgehead atoms. The second-order valence-corrected chi connectivity index (χ2v) is 45.3. The van der Waals surface area contributed by atoms with Gasteiger partial charge in [0, 0.05) is 79.5 Å². The first-order chi connectivity index (χ1) is 50.7. The summed E-state index contributed by atoms with van der Waals surface area (Å²) in [5.41, 5.74) is 23.9. The number of benzene rings is 5. The number of methoxy groups -OCH3 is 2. The molecule has 0 atom stereocenters. The number of alkyl halides is 12. The second-order valence-electron chi connectivity index (χ2n) is 24.3. The Morgan fingerprint density at radius 1 is 0.468 bits per heavy atom. The minimum Gasteiger partial charge on any atom is -0.398 e. The molecule has 9 N–H and O–H groups in total. The van der Waals surface area contributed by atoms with Gasteiger partial charge < -0.3 is 37.7 Å². The molecule has 0 amide bonds. The van der Waals surface area contributed by atoms with Crippen LogP contribution in [0.15, 0.2) is 99.9 Å². The first-order valence-corrected chi connectivity index (χ1v) is 54.1. The zero-order valence-electron chi connectivity index (χ0n) is 55.0. The summed E-state index contributed by atoms with van der Waals surface area (Å²) in [6.45, 7) is 0. The van der Waals surface area contributed by atoms with Crippen LogP contribution in [0.2, 0.25) is 0 Å².